The van der Waals surface area contributed by atoms with E-state index in [0.29, 0.717) is 0 Å². The quantitative estimate of drug-likeness (QED) is 0.233. The van der Waals surface area contributed by atoms with E-state index in [9.17, 15) is 40.0 Å². The van der Waals surface area contributed by atoms with Crippen LogP contribution in [0.15, 0.2) is 18.2 Å². The van der Waals surface area contributed by atoms with Gasteiger partial charge in [0.1, 0.15) is 11.3 Å². The van der Waals surface area contributed by atoms with Crippen LogP contribution in [-0.2, 0) is 26.0 Å². The molecule has 1 atom stereocenters. The van der Waals surface area contributed by atoms with Gasteiger partial charge in [-0.2, -0.15) is 30.4 Å². The van der Waals surface area contributed by atoms with Crippen molar-refractivity contribution >= 4 is 29.9 Å². The lowest BCUT2D eigenvalue weighted by atomic mass is 9.96. The fourth-order valence-electron chi connectivity index (χ4n) is 1.77. The Kier molecular flexibility index (Phi) is 7.17. The second-order valence-electron chi connectivity index (χ2n) is 5.23. The van der Waals surface area contributed by atoms with Gasteiger partial charge in [0.15, 0.2) is 0 Å². The minimum atomic E-state index is -6.59. The first-order chi connectivity index (χ1) is 12.6. The summed E-state index contributed by atoms with van der Waals surface area (Å²) in [6.07, 6.45) is -10.9. The van der Waals surface area contributed by atoms with Gasteiger partial charge in [-0.3, -0.25) is 9.35 Å². The number of halogens is 5. The highest BCUT2D eigenvalue weighted by atomic mass is 32.2. The normalized spacial score (nSPS) is 13.7. The molecule has 1 unspecified atom stereocenters. The Balaban J connectivity index is 3.38. The first-order valence-corrected chi connectivity index (χ1v) is 8.75. The SMILES string of the molecule is [B]Cc1ccc(C(=O)OC(C(F)(F)F)C(F)(F)S(=O)(=O)O)c(OC(=O)CC)c1. The molecule has 0 heterocycles. The van der Waals surface area contributed by atoms with Gasteiger partial charge >= 0.3 is 33.5 Å². The summed E-state index contributed by atoms with van der Waals surface area (Å²) in [6.45, 7) is 1.36. The molecule has 0 aliphatic carbocycles. The molecule has 0 aliphatic heterocycles. The molecule has 1 N–H and O–H groups in total. The van der Waals surface area contributed by atoms with Crippen LogP contribution in [0.3, 0.4) is 0 Å². The molecule has 14 heteroatoms. The highest BCUT2D eigenvalue weighted by Gasteiger charge is 2.66. The summed E-state index contributed by atoms with van der Waals surface area (Å²) in [4.78, 5) is 23.4. The molecule has 28 heavy (non-hydrogen) atoms. The lowest BCUT2D eigenvalue weighted by molar-refractivity contribution is -0.248. The van der Waals surface area contributed by atoms with Gasteiger partial charge in [0.05, 0.1) is 7.85 Å². The van der Waals surface area contributed by atoms with E-state index in [4.69, 9.17) is 17.1 Å². The summed E-state index contributed by atoms with van der Waals surface area (Å²) in [5.74, 6) is -3.62. The number of hydrogen-bond donors (Lipinski definition) is 1. The third-order valence-corrected chi connectivity index (χ3v) is 4.09. The molecule has 1 aromatic rings. The van der Waals surface area contributed by atoms with Crippen LogP contribution in [0.5, 0.6) is 5.75 Å². The number of carbonyl (C=O) groups excluding carboxylic acids is 2. The van der Waals surface area contributed by atoms with Gasteiger partial charge in [0, 0.05) is 6.42 Å². The first-order valence-electron chi connectivity index (χ1n) is 7.31. The second-order valence-corrected chi connectivity index (χ2v) is 6.72. The Morgan fingerprint density at radius 3 is 2.21 bits per heavy atom. The predicted octanol–water partition coefficient (Wildman–Crippen LogP) is 2.24. The van der Waals surface area contributed by atoms with Crippen molar-refractivity contribution in [1.29, 1.82) is 0 Å². The Hall–Kier alpha value is -2.22. The standard InChI is InChI=1S/C14H12BF5O7S/c1-2-10(21)26-9-5-7(6-15)3-4-8(9)11(22)27-12(13(16,17)18)14(19,20)28(23,24)25/h3-5,12H,2,6H2,1H3,(H,23,24,25). The lowest BCUT2D eigenvalue weighted by Gasteiger charge is -2.26. The van der Waals surface area contributed by atoms with E-state index in [2.05, 4.69) is 4.74 Å². The topological polar surface area (TPSA) is 107 Å². The van der Waals surface area contributed by atoms with Gasteiger partial charge in [-0.05, 0) is 12.1 Å². The van der Waals surface area contributed by atoms with Crippen LogP contribution in [0.2, 0.25) is 0 Å². The lowest BCUT2D eigenvalue weighted by Crippen LogP contribution is -2.52. The molecular weight excluding hydrogens is 418 g/mol. The molecule has 2 radical (unpaired) electrons. The Bertz CT molecular complexity index is 854. The molecule has 0 bridgehead atoms. The average Bonchev–Trinajstić information content (AvgIpc) is 2.56. The van der Waals surface area contributed by atoms with E-state index in [1.54, 1.807) is 0 Å². The maximum atomic E-state index is 13.5. The molecule has 7 nitrogen and oxygen atoms in total. The zero-order valence-electron chi connectivity index (χ0n) is 14.0. The van der Waals surface area contributed by atoms with Crippen LogP contribution in [-0.4, -0.2) is 50.3 Å². The van der Waals surface area contributed by atoms with Crippen LogP contribution in [0.1, 0.15) is 29.3 Å². The number of esters is 2. The summed E-state index contributed by atoms with van der Waals surface area (Å²) in [5.41, 5.74) is -0.606. The molecular formula is C14H12BF5O7S. The molecule has 0 spiro atoms. The zero-order chi connectivity index (χ0) is 21.9. The van der Waals surface area contributed by atoms with Gasteiger partial charge in [-0.1, -0.05) is 24.9 Å². The van der Waals surface area contributed by atoms with Crippen LogP contribution >= 0.6 is 0 Å². The molecule has 0 fully saturated rings. The second kappa shape index (κ2) is 8.43. The summed E-state index contributed by atoms with van der Waals surface area (Å²) in [5, 5.41) is -5.89. The molecule has 1 rings (SSSR count). The molecule has 0 aliphatic rings. The summed E-state index contributed by atoms with van der Waals surface area (Å²) >= 11 is 0. The number of alkyl halides is 5. The minimum absolute atomic E-state index is 0.127. The van der Waals surface area contributed by atoms with Crippen molar-refractivity contribution in [1.82, 2.24) is 0 Å². The maximum absolute atomic E-state index is 13.5. The minimum Gasteiger partial charge on any atom is -0.441 e. The fourth-order valence-corrected chi connectivity index (χ4v) is 2.23. The predicted molar refractivity (Wildman–Crippen MR) is 83.6 cm³/mol. The van der Waals surface area contributed by atoms with Crippen LogP contribution in [0.4, 0.5) is 22.0 Å². The van der Waals surface area contributed by atoms with Gasteiger partial charge in [0.25, 0.3) is 6.10 Å². The Labute approximate surface area is 157 Å². The number of carbonyl (C=O) groups is 2. The molecule has 154 valence electrons. The number of hydrogen-bond acceptors (Lipinski definition) is 6. The van der Waals surface area contributed by atoms with Crippen molar-refractivity contribution in [2.75, 3.05) is 0 Å². The van der Waals surface area contributed by atoms with Gasteiger partial charge < -0.3 is 9.47 Å². The smallest absolute Gasteiger partial charge is 0.432 e. The van der Waals surface area contributed by atoms with Crippen molar-refractivity contribution in [3.8, 4) is 5.75 Å². The van der Waals surface area contributed by atoms with E-state index in [1.165, 1.54) is 6.92 Å². The van der Waals surface area contributed by atoms with Crippen LogP contribution < -0.4 is 4.74 Å². The van der Waals surface area contributed by atoms with Crippen molar-refractivity contribution in [3.63, 3.8) is 0 Å². The largest absolute Gasteiger partial charge is 0.441 e. The third-order valence-electron chi connectivity index (χ3n) is 3.19. The average molecular weight is 430 g/mol. The molecule has 0 amide bonds. The number of ether oxygens (including phenoxy) is 2. The van der Waals surface area contributed by atoms with Gasteiger partial charge in [-0.15, -0.1) is 0 Å². The molecule has 1 aromatic carbocycles. The molecule has 0 saturated carbocycles. The van der Waals surface area contributed by atoms with Crippen molar-refractivity contribution < 1.29 is 54.0 Å². The Morgan fingerprint density at radius 2 is 1.79 bits per heavy atom. The van der Waals surface area contributed by atoms with Gasteiger partial charge in [-0.25, -0.2) is 4.79 Å². The van der Waals surface area contributed by atoms with Crippen molar-refractivity contribution in [2.24, 2.45) is 0 Å². The van der Waals surface area contributed by atoms with E-state index >= 15 is 0 Å². The Morgan fingerprint density at radius 1 is 1.21 bits per heavy atom. The van der Waals surface area contributed by atoms with Crippen LogP contribution in [0.25, 0.3) is 0 Å². The zero-order valence-corrected chi connectivity index (χ0v) is 14.8. The van der Waals surface area contributed by atoms with E-state index in [0.717, 1.165) is 18.2 Å². The van der Waals surface area contributed by atoms with Crippen LogP contribution in [0, 0.1) is 0 Å². The maximum Gasteiger partial charge on any atom is 0.432 e. The highest BCUT2D eigenvalue weighted by molar-refractivity contribution is 7.86. The monoisotopic (exact) mass is 430 g/mol. The number of benzene rings is 1. The molecule has 0 aromatic heterocycles. The fraction of sp³-hybridized carbons (Fsp3) is 0.429. The highest BCUT2D eigenvalue weighted by Crippen LogP contribution is 2.39. The van der Waals surface area contributed by atoms with Crippen molar-refractivity contribution in [2.45, 2.75) is 37.2 Å². The first kappa shape index (κ1) is 23.8. The van der Waals surface area contributed by atoms with E-state index in [-0.39, 0.29) is 18.3 Å². The summed E-state index contributed by atoms with van der Waals surface area (Å²) in [6, 6.07) is 2.90. The van der Waals surface area contributed by atoms with Gasteiger partial charge in [0.2, 0.25) is 0 Å². The number of rotatable bonds is 7. The van der Waals surface area contributed by atoms with Crippen molar-refractivity contribution in [3.05, 3.63) is 29.3 Å². The molecule has 0 saturated heterocycles. The van der Waals surface area contributed by atoms with E-state index in [1.807, 2.05) is 0 Å². The van der Waals surface area contributed by atoms with E-state index < -0.39 is 50.9 Å². The summed E-state index contributed by atoms with van der Waals surface area (Å²) in [7, 11) is -1.24. The summed E-state index contributed by atoms with van der Waals surface area (Å²) < 4.78 is 104. The third kappa shape index (κ3) is 5.41.